The molecule has 0 aliphatic heterocycles. The first-order chi connectivity index (χ1) is 12.7. The summed E-state index contributed by atoms with van der Waals surface area (Å²) in [6.07, 6.45) is -1.89. The van der Waals surface area contributed by atoms with E-state index in [2.05, 4.69) is 24.6 Å². The third-order valence-electron chi connectivity index (χ3n) is 3.75. The van der Waals surface area contributed by atoms with Gasteiger partial charge in [0.15, 0.2) is 0 Å². The Kier molecular flexibility index (Phi) is 8.25. The minimum atomic E-state index is -4.52. The Morgan fingerprint density at radius 3 is 2.41 bits per heavy atom. The Bertz CT molecular complexity index is 795. The van der Waals surface area contributed by atoms with Crippen molar-refractivity contribution in [2.24, 2.45) is 5.84 Å². The van der Waals surface area contributed by atoms with Gasteiger partial charge in [-0.2, -0.15) is 13.2 Å². The smallest absolute Gasteiger partial charge is 0.263 e. The summed E-state index contributed by atoms with van der Waals surface area (Å²) in [6.45, 7) is 11.8. The predicted octanol–water partition coefficient (Wildman–Crippen LogP) is 5.99. The predicted molar refractivity (Wildman–Crippen MR) is 106 cm³/mol. The highest BCUT2D eigenvalue weighted by molar-refractivity contribution is 5.68. The molecule has 6 heteroatoms. The molecule has 2 rings (SSSR count). The normalized spacial score (nSPS) is 11.5. The molecule has 0 aliphatic carbocycles. The largest absolute Gasteiger partial charge is 0.433 e. The second-order valence-electron chi connectivity index (χ2n) is 5.62. The Morgan fingerprint density at radius 2 is 1.81 bits per heavy atom. The summed E-state index contributed by atoms with van der Waals surface area (Å²) in [5, 5.41) is 1.04. The molecule has 0 unspecified atom stereocenters. The summed E-state index contributed by atoms with van der Waals surface area (Å²) in [7, 11) is 0. The monoisotopic (exact) mass is 377 g/mol. The van der Waals surface area contributed by atoms with E-state index in [1.807, 2.05) is 39.0 Å². The molecular weight excluding hydrogens is 351 g/mol. The van der Waals surface area contributed by atoms with E-state index in [9.17, 15) is 13.2 Å². The third-order valence-corrected chi connectivity index (χ3v) is 3.75. The van der Waals surface area contributed by atoms with E-state index in [-0.39, 0.29) is 5.82 Å². The van der Waals surface area contributed by atoms with Gasteiger partial charge in [0.2, 0.25) is 0 Å². The number of hydrogen-bond acceptors (Lipinski definition) is 3. The van der Waals surface area contributed by atoms with Crippen molar-refractivity contribution in [3.05, 3.63) is 77.6 Å². The minimum Gasteiger partial charge on any atom is -0.263 e. The van der Waals surface area contributed by atoms with Gasteiger partial charge in [0.1, 0.15) is 11.5 Å². The number of allylic oxidation sites excluding steroid dienone is 2. The van der Waals surface area contributed by atoms with Gasteiger partial charge in [-0.05, 0) is 48.3 Å². The first-order valence-electron chi connectivity index (χ1n) is 8.78. The molecule has 0 spiro atoms. The number of anilines is 1. The highest BCUT2D eigenvalue weighted by Crippen LogP contribution is 2.29. The number of nitrogens with zero attached hydrogens (tertiary/aromatic N) is 2. The lowest BCUT2D eigenvalue weighted by atomic mass is 10.0. The van der Waals surface area contributed by atoms with Crippen LogP contribution in [0.15, 0.2) is 60.8 Å². The van der Waals surface area contributed by atoms with Crippen molar-refractivity contribution in [1.29, 1.82) is 0 Å². The van der Waals surface area contributed by atoms with Crippen LogP contribution in [0.2, 0.25) is 0 Å². The van der Waals surface area contributed by atoms with Gasteiger partial charge in [0, 0.05) is 0 Å². The molecule has 2 N–H and O–H groups in total. The molecule has 2 aromatic rings. The summed E-state index contributed by atoms with van der Waals surface area (Å²) >= 11 is 0. The van der Waals surface area contributed by atoms with Gasteiger partial charge in [0.05, 0.1) is 5.70 Å². The molecule has 0 bridgehead atoms. The van der Waals surface area contributed by atoms with E-state index in [4.69, 9.17) is 5.84 Å². The summed E-state index contributed by atoms with van der Waals surface area (Å²) in [6, 6.07) is 11.6. The molecule has 1 aromatic heterocycles. The van der Waals surface area contributed by atoms with E-state index in [0.29, 0.717) is 5.70 Å². The molecular formula is C21H26F3N3. The number of aryl methyl sites for hydroxylation is 1. The van der Waals surface area contributed by atoms with Crippen LogP contribution in [-0.2, 0) is 12.6 Å². The van der Waals surface area contributed by atoms with Crippen LogP contribution in [0.5, 0.6) is 0 Å². The van der Waals surface area contributed by atoms with E-state index in [1.165, 1.54) is 17.7 Å². The fourth-order valence-corrected chi connectivity index (χ4v) is 2.30. The van der Waals surface area contributed by atoms with Crippen molar-refractivity contribution in [2.45, 2.75) is 40.3 Å². The van der Waals surface area contributed by atoms with Gasteiger partial charge in [-0.1, -0.05) is 57.7 Å². The number of hydrogen-bond donors (Lipinski definition) is 1. The van der Waals surface area contributed by atoms with Gasteiger partial charge in [-0.25, -0.2) is 10.8 Å². The van der Waals surface area contributed by atoms with Crippen LogP contribution < -0.4 is 10.9 Å². The zero-order valence-electron chi connectivity index (χ0n) is 16.1. The van der Waals surface area contributed by atoms with E-state index in [1.54, 1.807) is 6.08 Å². The number of halogens is 3. The molecule has 0 saturated carbocycles. The number of nitrogens with two attached hydrogens (primary N) is 1. The number of aromatic nitrogens is 1. The molecule has 0 saturated heterocycles. The fourth-order valence-electron chi connectivity index (χ4n) is 2.30. The summed E-state index contributed by atoms with van der Waals surface area (Å²) in [5.74, 6) is 5.87. The SMILES string of the molecule is C=C(/C=C(\C)c1cccc(CC)c1)N(N)c1cccc(C(F)(F)F)n1.CC. The number of hydrazine groups is 1. The average molecular weight is 377 g/mol. The van der Waals surface area contributed by atoms with Crippen molar-refractivity contribution >= 4 is 11.4 Å². The minimum absolute atomic E-state index is 0.0221. The first kappa shape index (κ1) is 22.4. The number of rotatable bonds is 5. The first-order valence-corrected chi connectivity index (χ1v) is 8.78. The Labute approximate surface area is 159 Å². The summed E-state index contributed by atoms with van der Waals surface area (Å²) in [5.41, 5.74) is 2.45. The number of alkyl halides is 3. The molecule has 146 valence electrons. The van der Waals surface area contributed by atoms with Crippen LogP contribution in [0.1, 0.15) is 44.5 Å². The zero-order valence-corrected chi connectivity index (χ0v) is 16.1. The van der Waals surface area contributed by atoms with E-state index >= 15 is 0 Å². The van der Waals surface area contributed by atoms with Gasteiger partial charge in [-0.3, -0.25) is 5.01 Å². The fraction of sp³-hybridized carbons (Fsp3) is 0.286. The number of benzene rings is 1. The molecule has 27 heavy (non-hydrogen) atoms. The quantitative estimate of drug-likeness (QED) is 0.395. The molecule has 0 atom stereocenters. The Balaban J connectivity index is 0.00000176. The zero-order chi connectivity index (χ0) is 20.6. The molecule has 0 fully saturated rings. The third kappa shape index (κ3) is 6.25. The molecule has 0 aliphatic rings. The van der Waals surface area contributed by atoms with Crippen molar-refractivity contribution in [3.8, 4) is 0 Å². The van der Waals surface area contributed by atoms with E-state index in [0.717, 1.165) is 28.6 Å². The van der Waals surface area contributed by atoms with Gasteiger partial charge < -0.3 is 0 Å². The van der Waals surface area contributed by atoms with Gasteiger partial charge in [-0.15, -0.1) is 0 Å². The van der Waals surface area contributed by atoms with E-state index < -0.39 is 11.9 Å². The van der Waals surface area contributed by atoms with Gasteiger partial charge >= 0.3 is 6.18 Å². The maximum atomic E-state index is 12.8. The van der Waals surface area contributed by atoms with Gasteiger partial charge in [0.25, 0.3) is 0 Å². The standard InChI is InChI=1S/C19H20F3N3.C2H6/c1-4-15-7-5-8-16(12-15)13(2)11-14(3)25(23)18-10-6-9-17(24-18)19(20,21)22;1-2/h5-12H,3-4,23H2,1-2H3;1-2H3/b13-11+;. The van der Waals surface area contributed by atoms with Crippen LogP contribution in [0, 0.1) is 0 Å². The van der Waals surface area contributed by atoms with Crippen molar-refractivity contribution < 1.29 is 13.2 Å². The second-order valence-corrected chi connectivity index (χ2v) is 5.62. The number of pyridine rings is 1. The highest BCUT2D eigenvalue weighted by Gasteiger charge is 2.32. The van der Waals surface area contributed by atoms with Crippen LogP contribution in [-0.4, -0.2) is 4.98 Å². The lowest BCUT2D eigenvalue weighted by Crippen LogP contribution is -2.30. The van der Waals surface area contributed by atoms with Crippen LogP contribution in [0.4, 0.5) is 19.0 Å². The Hall–Kier alpha value is -2.60. The van der Waals surface area contributed by atoms with Crippen LogP contribution >= 0.6 is 0 Å². The highest BCUT2D eigenvalue weighted by atomic mass is 19.4. The second kappa shape index (κ2) is 9.92. The lowest BCUT2D eigenvalue weighted by molar-refractivity contribution is -0.141. The molecule has 0 amide bonds. The van der Waals surface area contributed by atoms with Crippen molar-refractivity contribution in [3.63, 3.8) is 0 Å². The summed E-state index contributed by atoms with van der Waals surface area (Å²) < 4.78 is 38.3. The lowest BCUT2D eigenvalue weighted by Gasteiger charge is -2.19. The average Bonchev–Trinajstić information content (AvgIpc) is 2.68. The maximum Gasteiger partial charge on any atom is 0.433 e. The van der Waals surface area contributed by atoms with Crippen molar-refractivity contribution in [2.75, 3.05) is 5.01 Å². The Morgan fingerprint density at radius 1 is 1.19 bits per heavy atom. The maximum absolute atomic E-state index is 12.8. The molecule has 0 radical (unpaired) electrons. The van der Waals surface area contributed by atoms with Crippen LogP contribution in [0.25, 0.3) is 5.57 Å². The molecule has 3 nitrogen and oxygen atoms in total. The summed E-state index contributed by atoms with van der Waals surface area (Å²) in [4.78, 5) is 3.56. The molecule has 1 heterocycles. The topological polar surface area (TPSA) is 42.1 Å². The molecule has 1 aromatic carbocycles. The van der Waals surface area contributed by atoms with Crippen LogP contribution in [0.3, 0.4) is 0 Å². The van der Waals surface area contributed by atoms with Crippen molar-refractivity contribution in [1.82, 2.24) is 4.98 Å².